The molecule has 0 N–H and O–H groups in total. The lowest BCUT2D eigenvalue weighted by atomic mass is 10.3. The largest absolute Gasteiger partial charge is 0.437 e. The first-order valence-corrected chi connectivity index (χ1v) is 6.41. The van der Waals surface area contributed by atoms with E-state index in [1.54, 1.807) is 11.3 Å². The molecule has 1 aromatic rings. The summed E-state index contributed by atoms with van der Waals surface area (Å²) in [6, 6.07) is 4.03. The van der Waals surface area contributed by atoms with Crippen LogP contribution in [0.5, 0.6) is 0 Å². The highest BCUT2D eigenvalue weighted by molar-refractivity contribution is 8.00. The smallest absolute Gasteiger partial charge is 0.411 e. The van der Waals surface area contributed by atoms with Gasteiger partial charge in [-0.2, -0.15) is 0 Å². The summed E-state index contributed by atoms with van der Waals surface area (Å²) in [5, 5.41) is 2.23. The highest BCUT2D eigenvalue weighted by Gasteiger charge is 2.46. The van der Waals surface area contributed by atoms with Gasteiger partial charge in [-0.25, -0.2) is 4.79 Å². The van der Waals surface area contributed by atoms with Gasteiger partial charge in [-0.3, -0.25) is 4.90 Å². The van der Waals surface area contributed by atoms with Gasteiger partial charge in [0.15, 0.2) is 6.10 Å². The van der Waals surface area contributed by atoms with E-state index >= 15 is 0 Å². The summed E-state index contributed by atoms with van der Waals surface area (Å²) in [4.78, 5) is 14.4. The minimum atomic E-state index is -0.154. The monoisotopic (exact) mass is 227 g/mol. The Morgan fingerprint density at radius 2 is 2.50 bits per heavy atom. The van der Waals surface area contributed by atoms with Crippen LogP contribution in [0.15, 0.2) is 17.5 Å². The number of nitrogens with zero attached hydrogens (tertiary/aromatic N) is 1. The number of carbonyl (C=O) groups is 1. The summed E-state index contributed by atoms with van der Waals surface area (Å²) < 4.78 is 5.35. The van der Waals surface area contributed by atoms with E-state index in [2.05, 4.69) is 0 Å². The lowest BCUT2D eigenvalue weighted by Gasteiger charge is -2.13. The Morgan fingerprint density at radius 3 is 3.29 bits per heavy atom. The lowest BCUT2D eigenvalue weighted by Crippen LogP contribution is -2.26. The molecule has 0 radical (unpaired) electrons. The summed E-state index contributed by atoms with van der Waals surface area (Å²) in [6.07, 6.45) is -0.201. The summed E-state index contributed by atoms with van der Waals surface area (Å²) >= 11 is 3.46. The second-order valence-corrected chi connectivity index (χ2v) is 5.48. The first-order valence-electron chi connectivity index (χ1n) is 4.48. The van der Waals surface area contributed by atoms with Crippen molar-refractivity contribution in [2.75, 3.05) is 12.3 Å². The van der Waals surface area contributed by atoms with Crippen LogP contribution in [-0.4, -0.2) is 28.7 Å². The molecule has 1 aromatic heterocycles. The van der Waals surface area contributed by atoms with Crippen molar-refractivity contribution in [2.24, 2.45) is 0 Å². The van der Waals surface area contributed by atoms with E-state index < -0.39 is 0 Å². The van der Waals surface area contributed by atoms with Crippen molar-refractivity contribution in [3.8, 4) is 0 Å². The molecule has 0 aliphatic carbocycles. The average molecular weight is 227 g/mol. The van der Waals surface area contributed by atoms with E-state index in [-0.39, 0.29) is 17.6 Å². The zero-order valence-electron chi connectivity index (χ0n) is 7.38. The van der Waals surface area contributed by atoms with Gasteiger partial charge in [0.1, 0.15) is 5.37 Å². The van der Waals surface area contributed by atoms with Crippen molar-refractivity contribution in [3.05, 3.63) is 22.4 Å². The normalized spacial score (nSPS) is 30.6. The number of ether oxygens (including phenoxy) is 1. The molecule has 1 amide bonds. The van der Waals surface area contributed by atoms with Gasteiger partial charge in [0.05, 0.1) is 0 Å². The van der Waals surface area contributed by atoms with Gasteiger partial charge >= 0.3 is 6.09 Å². The van der Waals surface area contributed by atoms with Crippen molar-refractivity contribution in [1.29, 1.82) is 0 Å². The van der Waals surface area contributed by atoms with Crippen LogP contribution in [0.3, 0.4) is 0 Å². The van der Waals surface area contributed by atoms with Crippen LogP contribution in [-0.2, 0) is 4.74 Å². The number of cyclic esters (lactones) is 1. The Hall–Kier alpha value is -0.680. The van der Waals surface area contributed by atoms with Crippen LogP contribution in [0.1, 0.15) is 11.0 Å². The molecule has 0 bridgehead atoms. The number of amides is 1. The van der Waals surface area contributed by atoms with Crippen molar-refractivity contribution in [1.82, 2.24) is 4.90 Å². The Bertz CT molecular complexity index is 352. The van der Waals surface area contributed by atoms with Crippen LogP contribution >= 0.6 is 23.1 Å². The Kier molecular flexibility index (Phi) is 1.95. The van der Waals surface area contributed by atoms with Crippen molar-refractivity contribution in [3.63, 3.8) is 0 Å². The van der Waals surface area contributed by atoms with E-state index in [1.807, 2.05) is 34.2 Å². The number of rotatable bonds is 1. The van der Waals surface area contributed by atoms with Gasteiger partial charge in [0.2, 0.25) is 0 Å². The van der Waals surface area contributed by atoms with Gasteiger partial charge < -0.3 is 4.74 Å². The summed E-state index contributed by atoms with van der Waals surface area (Å²) in [6.45, 7) is 0.829. The first-order chi connectivity index (χ1) is 6.86. The topological polar surface area (TPSA) is 29.5 Å². The number of thiophene rings is 1. The van der Waals surface area contributed by atoms with Crippen molar-refractivity contribution >= 4 is 29.2 Å². The molecule has 5 heteroatoms. The first kappa shape index (κ1) is 8.61. The molecule has 74 valence electrons. The van der Waals surface area contributed by atoms with Gasteiger partial charge in [-0.15, -0.1) is 23.1 Å². The molecule has 2 saturated heterocycles. The minimum Gasteiger partial charge on any atom is -0.437 e. The number of fused-ring (bicyclic) bond motifs is 1. The second-order valence-electron chi connectivity index (χ2n) is 3.27. The Balaban J connectivity index is 1.92. The Morgan fingerprint density at radius 1 is 1.57 bits per heavy atom. The molecule has 14 heavy (non-hydrogen) atoms. The highest BCUT2D eigenvalue weighted by Crippen LogP contribution is 2.43. The summed E-state index contributed by atoms with van der Waals surface area (Å²) in [5.41, 5.74) is 0. The molecule has 2 unspecified atom stereocenters. The zero-order chi connectivity index (χ0) is 9.54. The standard InChI is InChI=1S/C9H9NO2S2/c11-9-10-3-5-14-8(10)7(12-9)6-2-1-4-13-6/h1-2,4,7-8H,3,5H2. The molecule has 0 saturated carbocycles. The molecule has 0 spiro atoms. The van der Waals surface area contributed by atoms with Crippen LogP contribution in [0.25, 0.3) is 0 Å². The maximum Gasteiger partial charge on any atom is 0.411 e. The molecule has 2 atom stereocenters. The van der Waals surface area contributed by atoms with Crippen LogP contribution in [0.2, 0.25) is 0 Å². The lowest BCUT2D eigenvalue weighted by molar-refractivity contribution is 0.133. The maximum absolute atomic E-state index is 11.5. The van der Waals surface area contributed by atoms with E-state index in [1.165, 1.54) is 0 Å². The van der Waals surface area contributed by atoms with Gasteiger partial charge in [-0.1, -0.05) is 6.07 Å². The number of carbonyl (C=O) groups excluding carboxylic acids is 1. The zero-order valence-corrected chi connectivity index (χ0v) is 9.01. The number of hydrogen-bond donors (Lipinski definition) is 0. The van der Waals surface area contributed by atoms with E-state index in [0.717, 1.165) is 17.2 Å². The fourth-order valence-electron chi connectivity index (χ4n) is 1.82. The predicted molar refractivity (Wildman–Crippen MR) is 56.5 cm³/mol. The van der Waals surface area contributed by atoms with Gasteiger partial charge in [0.25, 0.3) is 0 Å². The predicted octanol–water partition coefficient (Wildman–Crippen LogP) is 2.31. The molecule has 0 aromatic carbocycles. The van der Waals surface area contributed by atoms with E-state index in [0.29, 0.717) is 0 Å². The quantitative estimate of drug-likeness (QED) is 0.737. The summed E-state index contributed by atoms with van der Waals surface area (Å²) in [7, 11) is 0. The molecule has 2 aliphatic rings. The van der Waals surface area contributed by atoms with E-state index in [4.69, 9.17) is 4.74 Å². The van der Waals surface area contributed by atoms with Crippen molar-refractivity contribution < 1.29 is 9.53 Å². The molecule has 2 aliphatic heterocycles. The molecule has 3 heterocycles. The van der Waals surface area contributed by atoms with Gasteiger partial charge in [-0.05, 0) is 11.4 Å². The van der Waals surface area contributed by atoms with Crippen LogP contribution in [0, 0.1) is 0 Å². The molecular weight excluding hydrogens is 218 g/mol. The second kappa shape index (κ2) is 3.17. The third kappa shape index (κ3) is 1.15. The Labute approximate surface area is 90.0 Å². The average Bonchev–Trinajstić information content (AvgIpc) is 2.84. The third-order valence-electron chi connectivity index (χ3n) is 2.47. The molecule has 2 fully saturated rings. The fraction of sp³-hybridized carbons (Fsp3) is 0.444. The maximum atomic E-state index is 11.5. The van der Waals surface area contributed by atoms with Crippen molar-refractivity contribution in [2.45, 2.75) is 11.5 Å². The number of hydrogen-bond acceptors (Lipinski definition) is 4. The van der Waals surface area contributed by atoms with E-state index in [9.17, 15) is 4.79 Å². The summed E-state index contributed by atoms with van der Waals surface area (Å²) in [5.74, 6) is 1.03. The fourth-order valence-corrected chi connectivity index (χ4v) is 3.98. The number of thioether (sulfide) groups is 1. The molecule has 3 rings (SSSR count). The minimum absolute atomic E-state index is 0.0463. The molecule has 3 nitrogen and oxygen atoms in total. The van der Waals surface area contributed by atoms with Gasteiger partial charge in [0, 0.05) is 17.2 Å². The molecular formula is C9H9NO2S2. The highest BCUT2D eigenvalue weighted by atomic mass is 32.2. The van der Waals surface area contributed by atoms with Crippen LogP contribution < -0.4 is 0 Å². The SMILES string of the molecule is O=C1OC(c2cccs2)C2SCCN12. The third-order valence-corrected chi connectivity index (χ3v) is 4.67. The van der Waals surface area contributed by atoms with Crippen LogP contribution in [0.4, 0.5) is 4.79 Å².